The minimum Gasteiger partial charge on any atom is -0.340 e. The summed E-state index contributed by atoms with van der Waals surface area (Å²) < 4.78 is 80.2. The maximum atomic E-state index is 11.9. The molecule has 0 radical (unpaired) electrons. The van der Waals surface area contributed by atoms with Crippen LogP contribution in [-0.4, -0.2) is 31.9 Å². The van der Waals surface area contributed by atoms with Crippen LogP contribution in [0.3, 0.4) is 0 Å². The molecule has 0 saturated carbocycles. The fourth-order valence-electron chi connectivity index (χ4n) is 1.08. The molecular formula is C12H16F6O2. The number of ether oxygens (including phenoxy) is 2. The van der Waals surface area contributed by atoms with Crippen LogP contribution in [0.2, 0.25) is 0 Å². The normalized spacial score (nSPS) is 14.0. The van der Waals surface area contributed by atoms with Crippen molar-refractivity contribution in [2.24, 2.45) is 0 Å². The van der Waals surface area contributed by atoms with Gasteiger partial charge in [-0.2, -0.15) is 26.3 Å². The highest BCUT2D eigenvalue weighted by molar-refractivity contribution is 4.89. The van der Waals surface area contributed by atoms with Crippen LogP contribution in [0.1, 0.15) is 19.8 Å². The molecule has 2 nitrogen and oxygen atoms in total. The Morgan fingerprint density at radius 2 is 1.30 bits per heavy atom. The summed E-state index contributed by atoms with van der Waals surface area (Å²) in [5, 5.41) is 0. The lowest BCUT2D eigenvalue weighted by atomic mass is 10.2. The molecule has 0 unspecified atom stereocenters. The van der Waals surface area contributed by atoms with Gasteiger partial charge in [-0.15, -0.1) is 0 Å². The number of halogens is 6. The molecule has 0 aromatic carbocycles. The van der Waals surface area contributed by atoms with Gasteiger partial charge in [0, 0.05) is 0 Å². The first-order chi connectivity index (χ1) is 9.14. The Hall–Kier alpha value is -1.02. The number of allylic oxidation sites excluding steroid dienone is 3. The van der Waals surface area contributed by atoms with Crippen molar-refractivity contribution in [2.45, 2.75) is 38.4 Å². The number of rotatable bonds is 8. The molecule has 0 bridgehead atoms. The zero-order chi connectivity index (χ0) is 15.6. The summed E-state index contributed by atoms with van der Waals surface area (Å²) in [6.07, 6.45) is -3.79. The van der Waals surface area contributed by atoms with E-state index in [-0.39, 0.29) is 0 Å². The van der Waals surface area contributed by atoms with Crippen LogP contribution in [0, 0.1) is 0 Å². The maximum Gasteiger partial charge on any atom is 0.411 e. The van der Waals surface area contributed by atoms with Crippen molar-refractivity contribution in [3.05, 3.63) is 24.3 Å². The molecule has 0 spiro atoms. The third kappa shape index (κ3) is 13.4. The standard InChI is InChI=1S/C12H16F6O2/c1-2-3-4-5-6-7-10(19-8-11(13,14)15)20-9-12(16,17)18/h2-3,6-7,10H,4-5,8-9H2,1H3/b3-2+,7-6+. The van der Waals surface area contributed by atoms with E-state index in [2.05, 4.69) is 9.47 Å². The van der Waals surface area contributed by atoms with Crippen molar-refractivity contribution in [1.82, 2.24) is 0 Å². The minimum atomic E-state index is -4.63. The SMILES string of the molecule is C/C=C/CC/C=C/C(OCC(F)(F)F)OCC(F)(F)F. The number of unbranched alkanes of at least 4 members (excludes halogenated alkanes) is 1. The molecule has 20 heavy (non-hydrogen) atoms. The summed E-state index contributed by atoms with van der Waals surface area (Å²) in [4.78, 5) is 0. The monoisotopic (exact) mass is 306 g/mol. The van der Waals surface area contributed by atoms with Gasteiger partial charge in [-0.1, -0.05) is 18.2 Å². The molecule has 0 rings (SSSR count). The summed E-state index contributed by atoms with van der Waals surface area (Å²) in [5.41, 5.74) is 0. The van der Waals surface area contributed by atoms with E-state index >= 15 is 0 Å². The van der Waals surface area contributed by atoms with Crippen LogP contribution in [0.4, 0.5) is 26.3 Å². The fourth-order valence-corrected chi connectivity index (χ4v) is 1.08. The largest absolute Gasteiger partial charge is 0.411 e. The lowest BCUT2D eigenvalue weighted by Crippen LogP contribution is -2.28. The van der Waals surface area contributed by atoms with Gasteiger partial charge in [0.15, 0.2) is 6.29 Å². The van der Waals surface area contributed by atoms with E-state index in [9.17, 15) is 26.3 Å². The van der Waals surface area contributed by atoms with Gasteiger partial charge in [0.1, 0.15) is 13.2 Å². The van der Waals surface area contributed by atoms with Crippen LogP contribution in [0.15, 0.2) is 24.3 Å². The average molecular weight is 306 g/mol. The Labute approximate surface area is 113 Å². The van der Waals surface area contributed by atoms with Gasteiger partial charge in [-0.25, -0.2) is 0 Å². The number of hydrogen-bond donors (Lipinski definition) is 0. The van der Waals surface area contributed by atoms with E-state index in [0.717, 1.165) is 6.08 Å². The van der Waals surface area contributed by atoms with Crippen molar-refractivity contribution in [3.8, 4) is 0 Å². The Balaban J connectivity index is 4.30. The highest BCUT2D eigenvalue weighted by atomic mass is 19.4. The molecule has 0 aliphatic heterocycles. The van der Waals surface area contributed by atoms with Crippen molar-refractivity contribution in [2.75, 3.05) is 13.2 Å². The minimum absolute atomic E-state index is 0.464. The zero-order valence-corrected chi connectivity index (χ0v) is 10.8. The molecule has 118 valence electrons. The maximum absolute atomic E-state index is 11.9. The lowest BCUT2D eigenvalue weighted by Gasteiger charge is -2.17. The van der Waals surface area contributed by atoms with Gasteiger partial charge < -0.3 is 9.47 Å². The third-order valence-electron chi connectivity index (χ3n) is 1.85. The van der Waals surface area contributed by atoms with Crippen LogP contribution in [0.5, 0.6) is 0 Å². The van der Waals surface area contributed by atoms with Gasteiger partial charge in [0.25, 0.3) is 0 Å². The van der Waals surface area contributed by atoms with E-state index in [1.54, 1.807) is 13.0 Å². The van der Waals surface area contributed by atoms with Crippen molar-refractivity contribution in [1.29, 1.82) is 0 Å². The van der Waals surface area contributed by atoms with Gasteiger partial charge in [0.05, 0.1) is 0 Å². The topological polar surface area (TPSA) is 18.5 Å². The van der Waals surface area contributed by atoms with E-state index in [1.165, 1.54) is 6.08 Å². The first-order valence-corrected chi connectivity index (χ1v) is 5.78. The van der Waals surface area contributed by atoms with Gasteiger partial charge in [-0.05, 0) is 25.8 Å². The first-order valence-electron chi connectivity index (χ1n) is 5.78. The molecular weight excluding hydrogens is 290 g/mol. The Bertz CT molecular complexity index is 288. The predicted octanol–water partition coefficient (Wildman–Crippen LogP) is 4.38. The van der Waals surface area contributed by atoms with E-state index in [1.807, 2.05) is 6.08 Å². The summed E-state index contributed by atoms with van der Waals surface area (Å²) in [5.74, 6) is 0. The molecule has 0 aliphatic rings. The van der Waals surface area contributed by atoms with Gasteiger partial charge in [0.2, 0.25) is 0 Å². The molecule has 0 fully saturated rings. The smallest absolute Gasteiger partial charge is 0.340 e. The summed E-state index contributed by atoms with van der Waals surface area (Å²) in [7, 11) is 0. The Morgan fingerprint density at radius 3 is 1.70 bits per heavy atom. The quantitative estimate of drug-likeness (QED) is 0.287. The molecule has 0 saturated heterocycles. The summed E-state index contributed by atoms with van der Waals surface area (Å²) >= 11 is 0. The Kier molecular flexibility index (Phi) is 8.56. The highest BCUT2D eigenvalue weighted by Gasteiger charge is 2.32. The molecule has 0 N–H and O–H groups in total. The van der Waals surface area contributed by atoms with E-state index in [4.69, 9.17) is 0 Å². The van der Waals surface area contributed by atoms with E-state index < -0.39 is 31.9 Å². The molecule has 0 amide bonds. The molecule has 8 heteroatoms. The van der Waals surface area contributed by atoms with E-state index in [0.29, 0.717) is 12.8 Å². The number of hydrogen-bond acceptors (Lipinski definition) is 2. The number of alkyl halides is 6. The van der Waals surface area contributed by atoms with Crippen molar-refractivity contribution < 1.29 is 35.8 Å². The van der Waals surface area contributed by atoms with Crippen LogP contribution in [0.25, 0.3) is 0 Å². The third-order valence-corrected chi connectivity index (χ3v) is 1.85. The average Bonchev–Trinajstić information content (AvgIpc) is 2.29. The zero-order valence-electron chi connectivity index (χ0n) is 10.8. The van der Waals surface area contributed by atoms with Crippen LogP contribution >= 0.6 is 0 Å². The lowest BCUT2D eigenvalue weighted by molar-refractivity contribution is -0.246. The van der Waals surface area contributed by atoms with Crippen LogP contribution < -0.4 is 0 Å². The van der Waals surface area contributed by atoms with Gasteiger partial charge in [-0.3, -0.25) is 0 Å². The molecule has 0 aliphatic carbocycles. The van der Waals surface area contributed by atoms with Gasteiger partial charge >= 0.3 is 12.4 Å². The summed E-state index contributed by atoms with van der Waals surface area (Å²) in [6, 6.07) is 0. The second kappa shape index (κ2) is 9.02. The highest BCUT2D eigenvalue weighted by Crippen LogP contribution is 2.19. The van der Waals surface area contributed by atoms with Crippen molar-refractivity contribution >= 4 is 0 Å². The second-order valence-corrected chi connectivity index (χ2v) is 3.80. The Morgan fingerprint density at radius 1 is 0.850 bits per heavy atom. The summed E-state index contributed by atoms with van der Waals surface area (Å²) in [6.45, 7) is -1.55. The molecule has 0 aromatic heterocycles. The fraction of sp³-hybridized carbons (Fsp3) is 0.667. The van der Waals surface area contributed by atoms with Crippen molar-refractivity contribution in [3.63, 3.8) is 0 Å². The predicted molar refractivity (Wildman–Crippen MR) is 61.0 cm³/mol. The molecule has 0 heterocycles. The molecule has 0 aromatic rings. The first kappa shape index (κ1) is 19.0. The van der Waals surface area contributed by atoms with Crippen LogP contribution in [-0.2, 0) is 9.47 Å². The molecule has 0 atom stereocenters. The second-order valence-electron chi connectivity index (χ2n) is 3.80.